The molecule has 1 N–H and O–H groups in total. The summed E-state index contributed by atoms with van der Waals surface area (Å²) < 4.78 is 0. The molecular formula is C8H8N2O3. The molecule has 1 amide bonds. The predicted molar refractivity (Wildman–Crippen MR) is 40.8 cm³/mol. The molecule has 0 bridgehead atoms. The first-order chi connectivity index (χ1) is 6.12. The van der Waals surface area contributed by atoms with E-state index in [1.165, 1.54) is 0 Å². The summed E-state index contributed by atoms with van der Waals surface area (Å²) in [6.45, 7) is 0.0463. The van der Waals surface area contributed by atoms with Crippen molar-refractivity contribution in [3.63, 3.8) is 0 Å². The standard InChI is InChI=1S/C8H8N2O3/c9-3-5-4-10(7(12)13)8(1-2-8)6(5)11/h5H,1-2,4H2,(H,12,13). The van der Waals surface area contributed by atoms with Crippen LogP contribution in [0.1, 0.15) is 12.8 Å². The normalized spacial score (nSPS) is 29.0. The zero-order chi connectivity index (χ0) is 9.64. The molecule has 2 rings (SSSR count). The number of rotatable bonds is 0. The second-order valence-corrected chi connectivity index (χ2v) is 3.47. The summed E-state index contributed by atoms with van der Waals surface area (Å²) in [6.07, 6.45) is 0.0655. The van der Waals surface area contributed by atoms with Crippen molar-refractivity contribution >= 4 is 11.9 Å². The van der Waals surface area contributed by atoms with Gasteiger partial charge in [-0.2, -0.15) is 5.26 Å². The molecule has 68 valence electrons. The molecule has 1 aliphatic carbocycles. The summed E-state index contributed by atoms with van der Waals surface area (Å²) in [7, 11) is 0. The molecular weight excluding hydrogens is 172 g/mol. The fourth-order valence-electron chi connectivity index (χ4n) is 1.89. The number of nitrogens with zero attached hydrogens (tertiary/aromatic N) is 2. The molecule has 13 heavy (non-hydrogen) atoms. The van der Waals surface area contributed by atoms with Gasteiger partial charge in [-0.25, -0.2) is 4.79 Å². The molecule has 1 saturated carbocycles. The monoisotopic (exact) mass is 180 g/mol. The van der Waals surface area contributed by atoms with E-state index in [0.29, 0.717) is 12.8 Å². The van der Waals surface area contributed by atoms with E-state index in [-0.39, 0.29) is 12.3 Å². The highest BCUT2D eigenvalue weighted by atomic mass is 16.4. The van der Waals surface area contributed by atoms with E-state index in [9.17, 15) is 9.59 Å². The first-order valence-electron chi connectivity index (χ1n) is 4.06. The summed E-state index contributed by atoms with van der Waals surface area (Å²) in [5.74, 6) is -0.962. The van der Waals surface area contributed by atoms with Crippen LogP contribution in [0.25, 0.3) is 0 Å². The molecule has 0 radical (unpaired) electrons. The number of amides is 1. The SMILES string of the molecule is N#CC1CN(C(=O)O)C2(CC2)C1=O. The van der Waals surface area contributed by atoms with E-state index in [4.69, 9.17) is 10.4 Å². The lowest BCUT2D eigenvalue weighted by atomic mass is 10.0. The van der Waals surface area contributed by atoms with Gasteiger partial charge in [0.1, 0.15) is 11.5 Å². The molecule has 2 fully saturated rings. The number of nitriles is 1. The van der Waals surface area contributed by atoms with Gasteiger partial charge in [-0.05, 0) is 12.8 Å². The molecule has 1 saturated heterocycles. The van der Waals surface area contributed by atoms with Crippen molar-refractivity contribution in [1.29, 1.82) is 5.26 Å². The minimum absolute atomic E-state index is 0.0463. The van der Waals surface area contributed by atoms with Crippen molar-refractivity contribution < 1.29 is 14.7 Å². The Morgan fingerprint density at radius 1 is 1.69 bits per heavy atom. The number of ketones is 1. The Kier molecular flexibility index (Phi) is 1.38. The van der Waals surface area contributed by atoms with Gasteiger partial charge in [-0.3, -0.25) is 9.69 Å². The molecule has 1 atom stereocenters. The molecule has 1 aliphatic heterocycles. The van der Waals surface area contributed by atoms with Gasteiger partial charge in [0.2, 0.25) is 0 Å². The van der Waals surface area contributed by atoms with Crippen LogP contribution in [-0.2, 0) is 4.79 Å². The highest BCUT2D eigenvalue weighted by Crippen LogP contribution is 2.48. The average molecular weight is 180 g/mol. The minimum atomic E-state index is -1.09. The number of hydrogen-bond acceptors (Lipinski definition) is 3. The van der Waals surface area contributed by atoms with Gasteiger partial charge < -0.3 is 5.11 Å². The smallest absolute Gasteiger partial charge is 0.408 e. The zero-order valence-corrected chi connectivity index (χ0v) is 6.86. The lowest BCUT2D eigenvalue weighted by molar-refractivity contribution is -0.122. The Labute approximate surface area is 74.6 Å². The molecule has 1 unspecified atom stereocenters. The first-order valence-corrected chi connectivity index (χ1v) is 4.06. The number of carbonyl (C=O) groups excluding carboxylic acids is 1. The number of likely N-dealkylation sites (tertiary alicyclic amines) is 1. The average Bonchev–Trinajstić information content (AvgIpc) is 2.79. The van der Waals surface area contributed by atoms with Gasteiger partial charge in [0.25, 0.3) is 0 Å². The summed E-state index contributed by atoms with van der Waals surface area (Å²) >= 11 is 0. The maximum atomic E-state index is 11.5. The van der Waals surface area contributed by atoms with Crippen LogP contribution in [0.4, 0.5) is 4.79 Å². The third-order valence-electron chi connectivity index (χ3n) is 2.77. The number of carboxylic acid groups (broad SMARTS) is 1. The lowest BCUT2D eigenvalue weighted by Gasteiger charge is -2.17. The lowest BCUT2D eigenvalue weighted by Crippen LogP contribution is -2.39. The number of Topliss-reactive ketones (excluding diaryl/α,β-unsaturated/α-hetero) is 1. The quantitative estimate of drug-likeness (QED) is 0.578. The number of hydrogen-bond donors (Lipinski definition) is 1. The van der Waals surface area contributed by atoms with Crippen LogP contribution in [0.15, 0.2) is 0 Å². The van der Waals surface area contributed by atoms with Crippen molar-refractivity contribution in [3.05, 3.63) is 0 Å². The van der Waals surface area contributed by atoms with Crippen molar-refractivity contribution in [3.8, 4) is 6.07 Å². The first kappa shape index (κ1) is 8.05. The summed E-state index contributed by atoms with van der Waals surface area (Å²) in [5, 5.41) is 17.4. The maximum absolute atomic E-state index is 11.5. The molecule has 0 aromatic heterocycles. The Morgan fingerprint density at radius 2 is 2.31 bits per heavy atom. The fourth-order valence-corrected chi connectivity index (χ4v) is 1.89. The van der Waals surface area contributed by atoms with Crippen molar-refractivity contribution in [2.24, 2.45) is 5.92 Å². The second-order valence-electron chi connectivity index (χ2n) is 3.47. The molecule has 2 aliphatic rings. The van der Waals surface area contributed by atoms with Crippen LogP contribution in [0, 0.1) is 17.2 Å². The third-order valence-corrected chi connectivity index (χ3v) is 2.77. The summed E-state index contributed by atoms with van der Waals surface area (Å²) in [6, 6.07) is 1.84. The van der Waals surface area contributed by atoms with Gasteiger partial charge in [0.05, 0.1) is 6.07 Å². The van der Waals surface area contributed by atoms with Crippen molar-refractivity contribution in [2.75, 3.05) is 6.54 Å². The molecule has 1 heterocycles. The Hall–Kier alpha value is -1.57. The largest absolute Gasteiger partial charge is 0.465 e. The van der Waals surface area contributed by atoms with Crippen molar-refractivity contribution in [2.45, 2.75) is 18.4 Å². The molecule has 5 heteroatoms. The molecule has 0 aromatic rings. The van der Waals surface area contributed by atoms with Gasteiger partial charge in [-0.1, -0.05) is 0 Å². The van der Waals surface area contributed by atoms with Crippen LogP contribution >= 0.6 is 0 Å². The maximum Gasteiger partial charge on any atom is 0.408 e. The highest BCUT2D eigenvalue weighted by Gasteiger charge is 2.63. The van der Waals surface area contributed by atoms with Gasteiger partial charge >= 0.3 is 6.09 Å². The molecule has 1 spiro atoms. The zero-order valence-electron chi connectivity index (χ0n) is 6.86. The van der Waals surface area contributed by atoms with Gasteiger partial charge in [-0.15, -0.1) is 0 Å². The summed E-state index contributed by atoms with van der Waals surface area (Å²) in [5.41, 5.74) is -0.813. The van der Waals surface area contributed by atoms with Crippen LogP contribution < -0.4 is 0 Å². The van der Waals surface area contributed by atoms with Crippen LogP contribution in [0.3, 0.4) is 0 Å². The van der Waals surface area contributed by atoms with E-state index in [2.05, 4.69) is 0 Å². The molecule has 5 nitrogen and oxygen atoms in total. The Balaban J connectivity index is 2.31. The Morgan fingerprint density at radius 3 is 2.62 bits per heavy atom. The molecule has 0 aromatic carbocycles. The van der Waals surface area contributed by atoms with E-state index in [0.717, 1.165) is 4.90 Å². The second kappa shape index (κ2) is 2.22. The van der Waals surface area contributed by atoms with Gasteiger partial charge in [0.15, 0.2) is 5.78 Å². The van der Waals surface area contributed by atoms with Crippen molar-refractivity contribution in [1.82, 2.24) is 4.90 Å². The summed E-state index contributed by atoms with van der Waals surface area (Å²) in [4.78, 5) is 23.4. The van der Waals surface area contributed by atoms with E-state index < -0.39 is 17.6 Å². The van der Waals surface area contributed by atoms with E-state index in [1.54, 1.807) is 0 Å². The van der Waals surface area contributed by atoms with E-state index >= 15 is 0 Å². The van der Waals surface area contributed by atoms with E-state index in [1.807, 2.05) is 6.07 Å². The van der Waals surface area contributed by atoms with Gasteiger partial charge in [0, 0.05) is 6.54 Å². The topological polar surface area (TPSA) is 81.4 Å². The van der Waals surface area contributed by atoms with Crippen LogP contribution in [0.2, 0.25) is 0 Å². The number of carbonyl (C=O) groups is 2. The van der Waals surface area contributed by atoms with Crippen LogP contribution in [0.5, 0.6) is 0 Å². The van der Waals surface area contributed by atoms with Crippen LogP contribution in [-0.4, -0.2) is 34.0 Å². The fraction of sp³-hybridized carbons (Fsp3) is 0.625. The highest BCUT2D eigenvalue weighted by molar-refractivity contribution is 6.00. The third kappa shape index (κ3) is 0.856. The Bertz CT molecular complexity index is 327. The predicted octanol–water partition coefficient (Wildman–Crippen LogP) is 0.221. The minimum Gasteiger partial charge on any atom is -0.465 e.